The Balaban J connectivity index is 1.06. The van der Waals surface area contributed by atoms with Gasteiger partial charge in [0.15, 0.2) is 17.5 Å². The van der Waals surface area contributed by atoms with Crippen molar-refractivity contribution in [1.82, 2.24) is 39.3 Å². The van der Waals surface area contributed by atoms with E-state index < -0.39 is 0 Å². The van der Waals surface area contributed by atoms with Crippen LogP contribution in [-0.4, -0.2) is 39.3 Å². The normalized spacial score (nSPS) is 11.8. The first kappa shape index (κ1) is 40.8. The summed E-state index contributed by atoms with van der Waals surface area (Å²) in [6.07, 6.45) is 0. The van der Waals surface area contributed by atoms with Crippen LogP contribution in [0.15, 0.2) is 231 Å². The van der Waals surface area contributed by atoms with Crippen molar-refractivity contribution < 1.29 is 0 Å². The fourth-order valence-electron chi connectivity index (χ4n) is 10.8. The van der Waals surface area contributed by atoms with Crippen molar-refractivity contribution in [2.24, 2.45) is 0 Å². The second-order valence-electron chi connectivity index (χ2n) is 18.4. The molecule has 0 radical (unpaired) electrons. The van der Waals surface area contributed by atoms with Crippen LogP contribution in [0, 0.1) is 0 Å². The first-order chi connectivity index (χ1) is 36.2. The van der Waals surface area contributed by atoms with Crippen molar-refractivity contribution in [3.63, 3.8) is 0 Å². The molecule has 8 nitrogen and oxygen atoms in total. The smallest absolute Gasteiger partial charge is 0.164 e. The average Bonchev–Trinajstić information content (AvgIpc) is 3.80. The lowest BCUT2D eigenvalue weighted by Crippen LogP contribution is -2.01. The molecule has 5 heterocycles. The molecule has 0 saturated heterocycles. The number of fused-ring (bicyclic) bond motifs is 7. The average molecular weight is 931 g/mol. The predicted octanol–water partition coefficient (Wildman–Crippen LogP) is 15.7. The molecular formula is C65H38N8. The van der Waals surface area contributed by atoms with E-state index in [1.807, 2.05) is 121 Å². The van der Waals surface area contributed by atoms with Crippen molar-refractivity contribution in [1.29, 1.82) is 0 Å². The van der Waals surface area contributed by atoms with E-state index in [0.29, 0.717) is 17.5 Å². The van der Waals surface area contributed by atoms with Crippen LogP contribution in [0.25, 0.3) is 150 Å². The summed E-state index contributed by atoms with van der Waals surface area (Å²) in [4.78, 5) is 36.9. The Morgan fingerprint density at radius 2 is 0.685 bits per heavy atom. The molecular weight excluding hydrogens is 893 g/mol. The molecule has 0 spiro atoms. The summed E-state index contributed by atoms with van der Waals surface area (Å²) in [5.41, 5.74) is 16.6. The third-order valence-electron chi connectivity index (χ3n) is 14.1. The second kappa shape index (κ2) is 16.3. The Kier molecular flexibility index (Phi) is 9.09. The largest absolute Gasteiger partial charge is 0.308 e. The zero-order valence-corrected chi connectivity index (χ0v) is 39.0. The van der Waals surface area contributed by atoms with Crippen LogP contribution >= 0.6 is 0 Å². The molecule has 8 heteroatoms. The molecule has 0 aliphatic rings. The molecule has 0 amide bonds. The Labute approximate surface area is 418 Å². The zero-order valence-electron chi connectivity index (χ0n) is 39.0. The molecule has 5 aromatic heterocycles. The number of hydrogen-bond acceptors (Lipinski definition) is 7. The molecule has 0 bridgehead atoms. The van der Waals surface area contributed by atoms with E-state index in [4.69, 9.17) is 34.9 Å². The maximum atomic E-state index is 5.43. The van der Waals surface area contributed by atoms with Crippen LogP contribution < -0.4 is 0 Å². The first-order valence-electron chi connectivity index (χ1n) is 24.4. The summed E-state index contributed by atoms with van der Waals surface area (Å²) in [7, 11) is 0. The van der Waals surface area contributed by atoms with E-state index in [1.165, 1.54) is 0 Å². The minimum absolute atomic E-state index is 0.600. The lowest BCUT2D eigenvalue weighted by atomic mass is 9.94. The van der Waals surface area contributed by atoms with Gasteiger partial charge in [0, 0.05) is 60.5 Å². The van der Waals surface area contributed by atoms with Gasteiger partial charge < -0.3 is 4.40 Å². The van der Waals surface area contributed by atoms with Gasteiger partial charge in [-0.3, -0.25) is 0 Å². The standard InChI is InChI=1S/C65H38N8/c1-5-18-39(19-6-1)58-60(68-53-30-15-13-28-51(53)66-58)43-32-33-45-49-36-44(61-59(40-20-7-2-8-21-40)67-52-29-14-16-31-54(52)69-61)37-50-47-27-17-26-46-48(34-35-55(57(46)47)73(62(49)50)56(45)38-43)65-71-63(41-22-9-3-10-23-41)70-64(72-65)42-24-11-4-12-25-42/h1-38H. The van der Waals surface area contributed by atoms with Crippen LogP contribution in [-0.2, 0) is 0 Å². The summed E-state index contributed by atoms with van der Waals surface area (Å²) in [5, 5.41) is 6.55. The van der Waals surface area contributed by atoms with Crippen LogP contribution in [0.5, 0.6) is 0 Å². The number of para-hydroxylation sites is 4. The van der Waals surface area contributed by atoms with Crippen molar-refractivity contribution in [3.05, 3.63) is 231 Å². The fraction of sp³-hybridized carbons (Fsp3) is 0. The monoisotopic (exact) mass is 930 g/mol. The quantitative estimate of drug-likeness (QED) is 0.116. The van der Waals surface area contributed by atoms with E-state index in [1.54, 1.807) is 0 Å². The van der Waals surface area contributed by atoms with Gasteiger partial charge >= 0.3 is 0 Å². The Hall–Kier alpha value is -10.1. The van der Waals surface area contributed by atoms with Gasteiger partial charge in [-0.2, -0.15) is 0 Å². The number of hydrogen-bond donors (Lipinski definition) is 0. The zero-order chi connectivity index (χ0) is 48.0. The Morgan fingerprint density at radius 1 is 0.247 bits per heavy atom. The summed E-state index contributed by atoms with van der Waals surface area (Å²) in [5.74, 6) is 1.83. The van der Waals surface area contributed by atoms with Crippen molar-refractivity contribution >= 4 is 70.9 Å². The lowest BCUT2D eigenvalue weighted by Gasteiger charge is -2.17. The summed E-state index contributed by atoms with van der Waals surface area (Å²) < 4.78 is 2.45. The molecule has 0 unspecified atom stereocenters. The van der Waals surface area contributed by atoms with Gasteiger partial charge in [0.2, 0.25) is 0 Å². The molecule has 15 rings (SSSR count). The van der Waals surface area contributed by atoms with Gasteiger partial charge in [-0.25, -0.2) is 34.9 Å². The highest BCUT2D eigenvalue weighted by Crippen LogP contribution is 2.46. The van der Waals surface area contributed by atoms with Gasteiger partial charge in [0.05, 0.1) is 61.4 Å². The summed E-state index contributed by atoms with van der Waals surface area (Å²) >= 11 is 0. The molecule has 0 saturated carbocycles. The van der Waals surface area contributed by atoms with Gasteiger partial charge in [0.1, 0.15) is 0 Å². The molecule has 0 atom stereocenters. The van der Waals surface area contributed by atoms with Crippen LogP contribution in [0.2, 0.25) is 0 Å². The second-order valence-corrected chi connectivity index (χ2v) is 18.4. The maximum Gasteiger partial charge on any atom is 0.164 e. The minimum atomic E-state index is 0.600. The number of nitrogens with zero attached hydrogens (tertiary/aromatic N) is 8. The SMILES string of the molecule is c1ccc(-c2nc(-c3ccccc3)nc(-c3ccc4c5c3cccc5c3cc(-c5nc6ccccc6nc5-c5ccccc5)cc5c6ccc(-c7nc8ccccc8nc7-c7ccccc7)cc6n4c35)n2)cc1. The van der Waals surface area contributed by atoms with Gasteiger partial charge in [0.25, 0.3) is 0 Å². The van der Waals surface area contributed by atoms with Crippen LogP contribution in [0.4, 0.5) is 0 Å². The van der Waals surface area contributed by atoms with E-state index in [2.05, 4.69) is 114 Å². The molecule has 338 valence electrons. The van der Waals surface area contributed by atoms with Crippen LogP contribution in [0.3, 0.4) is 0 Å². The molecule has 15 aromatic rings. The molecule has 0 N–H and O–H groups in total. The fourth-order valence-corrected chi connectivity index (χ4v) is 10.8. The topological polar surface area (TPSA) is 94.6 Å². The number of benzene rings is 10. The number of aromatic nitrogens is 8. The highest BCUT2D eigenvalue weighted by Gasteiger charge is 2.25. The molecule has 0 aliphatic carbocycles. The summed E-state index contributed by atoms with van der Waals surface area (Å²) in [6, 6.07) is 79.7. The third kappa shape index (κ3) is 6.58. The third-order valence-corrected chi connectivity index (χ3v) is 14.1. The van der Waals surface area contributed by atoms with Crippen molar-refractivity contribution in [2.75, 3.05) is 0 Å². The highest BCUT2D eigenvalue weighted by atomic mass is 15.0. The van der Waals surface area contributed by atoms with Crippen molar-refractivity contribution in [3.8, 4) is 79.2 Å². The lowest BCUT2D eigenvalue weighted by molar-refractivity contribution is 1.08. The molecule has 73 heavy (non-hydrogen) atoms. The molecule has 0 aliphatic heterocycles. The van der Waals surface area contributed by atoms with Gasteiger partial charge in [-0.1, -0.05) is 176 Å². The maximum absolute atomic E-state index is 5.43. The summed E-state index contributed by atoms with van der Waals surface area (Å²) in [6.45, 7) is 0. The number of rotatable bonds is 7. The first-order valence-corrected chi connectivity index (χ1v) is 24.4. The van der Waals surface area contributed by atoms with E-state index in [-0.39, 0.29) is 0 Å². The van der Waals surface area contributed by atoms with Crippen LogP contribution in [0.1, 0.15) is 0 Å². The molecule has 0 fully saturated rings. The highest BCUT2D eigenvalue weighted by molar-refractivity contribution is 6.29. The number of pyridine rings is 1. The molecule has 10 aromatic carbocycles. The van der Waals surface area contributed by atoms with Gasteiger partial charge in [-0.05, 0) is 65.4 Å². The van der Waals surface area contributed by atoms with E-state index in [0.717, 1.165) is 133 Å². The van der Waals surface area contributed by atoms with E-state index in [9.17, 15) is 0 Å². The predicted molar refractivity (Wildman–Crippen MR) is 296 cm³/mol. The van der Waals surface area contributed by atoms with Crippen molar-refractivity contribution in [2.45, 2.75) is 0 Å². The minimum Gasteiger partial charge on any atom is -0.308 e. The Morgan fingerprint density at radius 3 is 1.22 bits per heavy atom. The van der Waals surface area contributed by atoms with Gasteiger partial charge in [-0.15, -0.1) is 0 Å². The van der Waals surface area contributed by atoms with E-state index >= 15 is 0 Å². The Bertz CT molecular complexity index is 4600.